The topological polar surface area (TPSA) is 55.7 Å². The van der Waals surface area contributed by atoms with Gasteiger partial charge < -0.3 is 20.4 Å². The third kappa shape index (κ3) is 4.24. The fraction of sp³-hybridized carbons (Fsp3) is 0.208. The van der Waals surface area contributed by atoms with Crippen LogP contribution in [-0.2, 0) is 12.8 Å². The van der Waals surface area contributed by atoms with E-state index in [0.29, 0.717) is 24.6 Å². The first-order valence-corrected chi connectivity index (χ1v) is 10.3. The van der Waals surface area contributed by atoms with Crippen LogP contribution in [0.2, 0.25) is 0 Å². The number of rotatable bonds is 4. The summed E-state index contributed by atoms with van der Waals surface area (Å²) in [7, 11) is 0. The van der Waals surface area contributed by atoms with Gasteiger partial charge in [0, 0.05) is 13.1 Å². The summed E-state index contributed by atoms with van der Waals surface area (Å²) in [6.07, 6.45) is 1.45. The third-order valence-electron chi connectivity index (χ3n) is 5.44. The summed E-state index contributed by atoms with van der Waals surface area (Å²) in [6.45, 7) is 1.33. The molecule has 1 aliphatic heterocycles. The highest BCUT2D eigenvalue weighted by Crippen LogP contribution is 2.40. The number of benzene rings is 3. The van der Waals surface area contributed by atoms with E-state index >= 15 is 0 Å². The van der Waals surface area contributed by atoms with E-state index in [1.807, 2.05) is 30.3 Å². The predicted molar refractivity (Wildman–Crippen MR) is 119 cm³/mol. The predicted octanol–water partition coefficient (Wildman–Crippen LogP) is 4.30. The lowest BCUT2D eigenvalue weighted by Gasteiger charge is -2.39. The van der Waals surface area contributed by atoms with Crippen LogP contribution in [0.1, 0.15) is 28.3 Å². The molecule has 0 spiro atoms. The minimum Gasteiger partial charge on any atom is -0.504 e. The van der Waals surface area contributed by atoms with Crippen LogP contribution in [0.4, 0.5) is 4.39 Å². The van der Waals surface area contributed by atoms with Gasteiger partial charge >= 0.3 is 0 Å². The Morgan fingerprint density at radius 1 is 1.03 bits per heavy atom. The van der Waals surface area contributed by atoms with Gasteiger partial charge in [-0.1, -0.05) is 42.5 Å². The van der Waals surface area contributed by atoms with Crippen LogP contribution in [0.3, 0.4) is 0 Å². The molecule has 1 heterocycles. The number of fused-ring (bicyclic) bond motifs is 1. The molecule has 0 bridgehead atoms. The molecule has 4 nitrogen and oxygen atoms in total. The molecule has 0 aliphatic carbocycles. The van der Waals surface area contributed by atoms with E-state index in [-0.39, 0.29) is 23.4 Å². The summed E-state index contributed by atoms with van der Waals surface area (Å²) in [6, 6.07) is 19.6. The van der Waals surface area contributed by atoms with Crippen molar-refractivity contribution in [2.45, 2.75) is 18.9 Å². The van der Waals surface area contributed by atoms with Crippen LogP contribution in [-0.4, -0.2) is 33.3 Å². The Hall–Kier alpha value is -3.12. The Morgan fingerprint density at radius 3 is 2.47 bits per heavy atom. The SMILES string of the molecule is Oc1cc2c(cc1O)C(c1ccccc1)N(C(=S)NCCc1ccc(F)cc1)CC2. The maximum Gasteiger partial charge on any atom is 0.169 e. The Bertz CT molecular complexity index is 1040. The Balaban J connectivity index is 1.55. The van der Waals surface area contributed by atoms with Crippen molar-refractivity contribution in [1.29, 1.82) is 0 Å². The number of nitrogens with one attached hydrogen (secondary N) is 1. The van der Waals surface area contributed by atoms with Gasteiger partial charge in [-0.15, -0.1) is 0 Å². The molecule has 0 fully saturated rings. The van der Waals surface area contributed by atoms with E-state index in [2.05, 4.69) is 10.2 Å². The molecule has 1 aliphatic rings. The van der Waals surface area contributed by atoms with Crippen molar-refractivity contribution < 1.29 is 14.6 Å². The highest BCUT2D eigenvalue weighted by Gasteiger charge is 2.31. The smallest absolute Gasteiger partial charge is 0.169 e. The summed E-state index contributed by atoms with van der Waals surface area (Å²) in [5.41, 5.74) is 4.04. The molecule has 0 saturated heterocycles. The van der Waals surface area contributed by atoms with Crippen molar-refractivity contribution in [3.8, 4) is 11.5 Å². The Labute approximate surface area is 180 Å². The molecule has 6 heteroatoms. The molecular formula is C24H23FN2O2S. The number of phenols is 2. The second-order valence-electron chi connectivity index (χ2n) is 7.40. The van der Waals surface area contributed by atoms with E-state index in [9.17, 15) is 14.6 Å². The van der Waals surface area contributed by atoms with Gasteiger partial charge in [-0.05, 0) is 71.6 Å². The van der Waals surface area contributed by atoms with Crippen molar-refractivity contribution >= 4 is 17.3 Å². The summed E-state index contributed by atoms with van der Waals surface area (Å²) in [5.74, 6) is -0.477. The fourth-order valence-electron chi connectivity index (χ4n) is 3.93. The normalized spacial score (nSPS) is 15.5. The Kier molecular flexibility index (Phi) is 5.86. The van der Waals surface area contributed by atoms with Gasteiger partial charge in [0.2, 0.25) is 0 Å². The first-order chi connectivity index (χ1) is 14.5. The molecule has 154 valence electrons. The highest BCUT2D eigenvalue weighted by molar-refractivity contribution is 7.80. The zero-order valence-corrected chi connectivity index (χ0v) is 17.2. The van der Waals surface area contributed by atoms with Crippen molar-refractivity contribution in [2.75, 3.05) is 13.1 Å². The Morgan fingerprint density at radius 2 is 1.73 bits per heavy atom. The minimum atomic E-state index is -0.241. The first-order valence-electron chi connectivity index (χ1n) is 9.91. The molecule has 0 amide bonds. The van der Waals surface area contributed by atoms with Gasteiger partial charge in [-0.25, -0.2) is 4.39 Å². The average Bonchev–Trinajstić information content (AvgIpc) is 2.76. The van der Waals surface area contributed by atoms with Crippen LogP contribution in [0.5, 0.6) is 11.5 Å². The molecule has 30 heavy (non-hydrogen) atoms. The standard InChI is InChI=1S/C24H23FN2O2S/c25-19-8-6-16(7-9-19)10-12-26-24(30)27-13-11-18-14-21(28)22(29)15-20(18)23(27)17-4-2-1-3-5-17/h1-9,14-15,23,28-29H,10-13H2,(H,26,30). The van der Waals surface area contributed by atoms with Crippen LogP contribution >= 0.6 is 12.2 Å². The van der Waals surface area contributed by atoms with Crippen LogP contribution in [0, 0.1) is 5.82 Å². The quantitative estimate of drug-likeness (QED) is 0.432. The van der Waals surface area contributed by atoms with Crippen molar-refractivity contribution in [3.05, 3.63) is 94.8 Å². The number of phenolic OH excluding ortho intramolecular Hbond substituents is 2. The second kappa shape index (κ2) is 8.71. The molecule has 0 aromatic heterocycles. The van der Waals surface area contributed by atoms with Crippen molar-refractivity contribution in [3.63, 3.8) is 0 Å². The minimum absolute atomic E-state index is 0.103. The van der Waals surface area contributed by atoms with Gasteiger partial charge in [0.25, 0.3) is 0 Å². The van der Waals surface area contributed by atoms with E-state index in [1.54, 1.807) is 24.3 Å². The van der Waals surface area contributed by atoms with Gasteiger partial charge in [0.1, 0.15) is 5.82 Å². The first kappa shape index (κ1) is 20.2. The molecular weight excluding hydrogens is 399 g/mol. The maximum atomic E-state index is 13.1. The van der Waals surface area contributed by atoms with E-state index in [0.717, 1.165) is 28.7 Å². The molecule has 3 N–H and O–H groups in total. The number of nitrogens with zero attached hydrogens (tertiary/aromatic N) is 1. The lowest BCUT2D eigenvalue weighted by molar-refractivity contribution is 0.329. The van der Waals surface area contributed by atoms with E-state index in [1.165, 1.54) is 12.1 Å². The molecule has 3 aromatic rings. The van der Waals surface area contributed by atoms with Gasteiger partial charge in [0.05, 0.1) is 6.04 Å². The summed E-state index contributed by atoms with van der Waals surface area (Å²) in [5, 5.41) is 24.0. The lowest BCUT2D eigenvalue weighted by Crippen LogP contribution is -2.46. The number of aromatic hydroxyl groups is 2. The number of hydrogen-bond donors (Lipinski definition) is 3. The average molecular weight is 423 g/mol. The number of halogens is 1. The van der Waals surface area contributed by atoms with E-state index < -0.39 is 0 Å². The van der Waals surface area contributed by atoms with E-state index in [4.69, 9.17) is 12.2 Å². The molecule has 4 rings (SSSR count). The zero-order chi connectivity index (χ0) is 21.1. The molecule has 0 saturated carbocycles. The number of thiocarbonyl (C=S) groups is 1. The monoisotopic (exact) mass is 422 g/mol. The zero-order valence-electron chi connectivity index (χ0n) is 16.4. The number of hydrogen-bond acceptors (Lipinski definition) is 3. The molecule has 3 aromatic carbocycles. The molecule has 0 radical (unpaired) electrons. The van der Waals surface area contributed by atoms with Crippen molar-refractivity contribution in [2.24, 2.45) is 0 Å². The van der Waals surface area contributed by atoms with Gasteiger partial charge in [-0.3, -0.25) is 0 Å². The van der Waals surface area contributed by atoms with Crippen LogP contribution in [0.15, 0.2) is 66.7 Å². The van der Waals surface area contributed by atoms with Crippen LogP contribution < -0.4 is 5.32 Å². The lowest BCUT2D eigenvalue weighted by atomic mass is 9.88. The van der Waals surface area contributed by atoms with Gasteiger partial charge in [-0.2, -0.15) is 0 Å². The molecule has 1 atom stereocenters. The second-order valence-corrected chi connectivity index (χ2v) is 7.79. The van der Waals surface area contributed by atoms with Crippen molar-refractivity contribution in [1.82, 2.24) is 10.2 Å². The fourth-order valence-corrected chi connectivity index (χ4v) is 4.22. The maximum absolute atomic E-state index is 13.1. The summed E-state index contributed by atoms with van der Waals surface area (Å²) in [4.78, 5) is 2.12. The van der Waals surface area contributed by atoms with Crippen LogP contribution in [0.25, 0.3) is 0 Å². The third-order valence-corrected chi connectivity index (χ3v) is 5.82. The molecule has 1 unspecified atom stereocenters. The largest absolute Gasteiger partial charge is 0.504 e. The highest BCUT2D eigenvalue weighted by atomic mass is 32.1. The summed E-state index contributed by atoms with van der Waals surface area (Å²) >= 11 is 5.72. The summed E-state index contributed by atoms with van der Waals surface area (Å²) < 4.78 is 13.1. The van der Waals surface area contributed by atoms with Gasteiger partial charge in [0.15, 0.2) is 16.6 Å².